The largest absolute Gasteiger partial charge is 0.456 e. The van der Waals surface area contributed by atoms with Crippen molar-refractivity contribution in [1.82, 2.24) is 9.38 Å². The van der Waals surface area contributed by atoms with Crippen LogP contribution in [0, 0.1) is 5.82 Å². The number of pyridine rings is 1. The lowest BCUT2D eigenvalue weighted by Gasteiger charge is -2.04. The van der Waals surface area contributed by atoms with Gasteiger partial charge in [-0.3, -0.25) is 4.79 Å². The number of rotatable bonds is 1. The molecule has 0 fully saturated rings. The molecule has 0 N–H and O–H groups in total. The second-order valence-electron chi connectivity index (χ2n) is 3.15. The molecule has 0 aliphatic heterocycles. The van der Waals surface area contributed by atoms with Crippen molar-refractivity contribution in [2.24, 2.45) is 0 Å². The van der Waals surface area contributed by atoms with E-state index in [1.165, 1.54) is 6.20 Å². The fraction of sp³-hybridized carbons (Fsp3) is 0.111. The molecule has 17 heavy (non-hydrogen) atoms. The molecule has 2 aromatic heterocycles. The van der Waals surface area contributed by atoms with Gasteiger partial charge in [0.25, 0.3) is 5.78 Å². The molecule has 2 heterocycles. The molecule has 0 aromatic carbocycles. The molecule has 0 bridgehead atoms. The van der Waals surface area contributed by atoms with Gasteiger partial charge in [-0.25, -0.2) is 9.37 Å². The number of fused-ring (bicyclic) bond motifs is 1. The van der Waals surface area contributed by atoms with Crippen LogP contribution < -0.4 is 0 Å². The van der Waals surface area contributed by atoms with Crippen molar-refractivity contribution in [2.45, 2.75) is 6.18 Å². The van der Waals surface area contributed by atoms with E-state index in [1.54, 1.807) is 0 Å². The summed E-state index contributed by atoms with van der Waals surface area (Å²) in [5, 5.41) is -0.380. The molecule has 0 aliphatic rings. The van der Waals surface area contributed by atoms with Crippen LogP contribution >= 0.6 is 11.6 Å². The van der Waals surface area contributed by atoms with Crippen molar-refractivity contribution in [1.29, 1.82) is 0 Å². The molecule has 0 unspecified atom stereocenters. The molecule has 90 valence electrons. The van der Waals surface area contributed by atoms with E-state index in [-0.39, 0.29) is 5.02 Å². The van der Waals surface area contributed by atoms with Crippen LogP contribution in [0.25, 0.3) is 5.52 Å². The highest BCUT2D eigenvalue weighted by atomic mass is 35.5. The maximum absolute atomic E-state index is 13.5. The number of nitrogens with zero attached hydrogens (tertiary/aromatic N) is 2. The second-order valence-corrected chi connectivity index (χ2v) is 3.56. The van der Waals surface area contributed by atoms with E-state index in [0.29, 0.717) is 0 Å². The van der Waals surface area contributed by atoms with Gasteiger partial charge in [-0.1, -0.05) is 11.6 Å². The Morgan fingerprint density at radius 1 is 1.41 bits per heavy atom. The number of aromatic nitrogens is 2. The summed E-state index contributed by atoms with van der Waals surface area (Å²) in [6.07, 6.45) is -2.99. The smallest absolute Gasteiger partial charge is 0.303 e. The highest BCUT2D eigenvalue weighted by Crippen LogP contribution is 2.27. The Balaban J connectivity index is 2.72. The third-order valence-corrected chi connectivity index (χ3v) is 2.36. The number of carbonyl (C=O) groups excluding carboxylic acids is 1. The molecule has 0 saturated carbocycles. The molecule has 2 rings (SSSR count). The molecule has 3 nitrogen and oxygen atoms in total. The predicted octanol–water partition coefficient (Wildman–Crippen LogP) is 2.87. The fourth-order valence-electron chi connectivity index (χ4n) is 1.32. The summed E-state index contributed by atoms with van der Waals surface area (Å²) in [6.45, 7) is 0. The van der Waals surface area contributed by atoms with Crippen molar-refractivity contribution in [3.05, 3.63) is 35.1 Å². The number of carbonyl (C=O) groups is 1. The number of halogens is 5. The first-order chi connectivity index (χ1) is 7.82. The van der Waals surface area contributed by atoms with Gasteiger partial charge in [-0.2, -0.15) is 13.2 Å². The van der Waals surface area contributed by atoms with Crippen LogP contribution in [-0.2, 0) is 0 Å². The molecule has 0 aliphatic carbocycles. The molecule has 0 radical (unpaired) electrons. The predicted molar refractivity (Wildman–Crippen MR) is 50.5 cm³/mol. The maximum atomic E-state index is 13.5. The van der Waals surface area contributed by atoms with Crippen molar-refractivity contribution in [2.75, 3.05) is 0 Å². The molecule has 0 saturated heterocycles. The van der Waals surface area contributed by atoms with Crippen LogP contribution in [-0.4, -0.2) is 21.3 Å². The minimum absolute atomic E-state index is 0.380. The first-order valence-electron chi connectivity index (χ1n) is 4.24. The summed E-state index contributed by atoms with van der Waals surface area (Å²) >= 11 is 5.43. The monoisotopic (exact) mass is 266 g/mol. The van der Waals surface area contributed by atoms with E-state index in [9.17, 15) is 22.4 Å². The number of imidazole rings is 1. The summed E-state index contributed by atoms with van der Waals surface area (Å²) in [5.41, 5.74) is -1.59. The van der Waals surface area contributed by atoms with Crippen molar-refractivity contribution in [3.63, 3.8) is 0 Å². The van der Waals surface area contributed by atoms with Gasteiger partial charge in [0, 0.05) is 6.20 Å². The maximum Gasteiger partial charge on any atom is 0.456 e. The zero-order valence-corrected chi connectivity index (χ0v) is 8.68. The highest BCUT2D eigenvalue weighted by molar-refractivity contribution is 6.31. The summed E-state index contributed by atoms with van der Waals surface area (Å²) in [7, 11) is 0. The Kier molecular flexibility index (Phi) is 2.57. The fourth-order valence-corrected chi connectivity index (χ4v) is 1.47. The molecule has 0 atom stereocenters. The van der Waals surface area contributed by atoms with Gasteiger partial charge in [0.05, 0.1) is 5.02 Å². The average Bonchev–Trinajstić information content (AvgIpc) is 2.65. The minimum atomic E-state index is -5.11. The van der Waals surface area contributed by atoms with Crippen LogP contribution in [0.3, 0.4) is 0 Å². The molecular weight excluding hydrogens is 264 g/mol. The van der Waals surface area contributed by atoms with Crippen LogP contribution in [0.5, 0.6) is 0 Å². The Morgan fingerprint density at radius 2 is 2.06 bits per heavy atom. The molecule has 8 heteroatoms. The van der Waals surface area contributed by atoms with Gasteiger partial charge < -0.3 is 4.40 Å². The average molecular weight is 267 g/mol. The van der Waals surface area contributed by atoms with E-state index in [0.717, 1.165) is 16.8 Å². The van der Waals surface area contributed by atoms with E-state index in [4.69, 9.17) is 11.6 Å². The zero-order valence-electron chi connectivity index (χ0n) is 7.92. The standard InChI is InChI=1S/C9H3ClF4N2O/c10-4-1-2-16-3-15-6(7(16)5(4)11)8(17)9(12,13)14/h1-3H. The Hall–Kier alpha value is -1.63. The molecule has 2 aromatic rings. The number of ketones is 1. The quantitative estimate of drug-likeness (QED) is 0.587. The Labute approximate surface area is 96.6 Å². The van der Waals surface area contributed by atoms with E-state index < -0.39 is 29.0 Å². The first kappa shape index (κ1) is 11.8. The van der Waals surface area contributed by atoms with Gasteiger partial charge in [0.2, 0.25) is 0 Å². The third-order valence-electron chi connectivity index (χ3n) is 2.07. The molecular formula is C9H3ClF4N2O. The Morgan fingerprint density at radius 3 is 2.65 bits per heavy atom. The van der Waals surface area contributed by atoms with Crippen LogP contribution in [0.1, 0.15) is 10.5 Å². The number of Topliss-reactive ketones (excluding diaryl/α,β-unsaturated/α-hetero) is 1. The lowest BCUT2D eigenvalue weighted by Crippen LogP contribution is -2.23. The topological polar surface area (TPSA) is 34.4 Å². The van der Waals surface area contributed by atoms with Crippen LogP contribution in [0.15, 0.2) is 18.6 Å². The summed E-state index contributed by atoms with van der Waals surface area (Å²) in [6, 6.07) is 1.15. The lowest BCUT2D eigenvalue weighted by atomic mass is 10.2. The van der Waals surface area contributed by atoms with Crippen LogP contribution in [0.4, 0.5) is 17.6 Å². The van der Waals surface area contributed by atoms with Crippen molar-refractivity contribution < 1.29 is 22.4 Å². The molecule has 0 spiro atoms. The zero-order chi connectivity index (χ0) is 12.8. The number of hydrogen-bond donors (Lipinski definition) is 0. The number of hydrogen-bond acceptors (Lipinski definition) is 2. The van der Waals surface area contributed by atoms with E-state index in [2.05, 4.69) is 4.98 Å². The molecule has 0 amide bonds. The van der Waals surface area contributed by atoms with Gasteiger partial charge >= 0.3 is 6.18 Å². The summed E-state index contributed by atoms with van der Waals surface area (Å²) < 4.78 is 51.1. The number of alkyl halides is 3. The van der Waals surface area contributed by atoms with E-state index >= 15 is 0 Å². The van der Waals surface area contributed by atoms with Gasteiger partial charge in [-0.05, 0) is 6.07 Å². The Bertz CT molecular complexity index is 605. The van der Waals surface area contributed by atoms with E-state index in [1.807, 2.05) is 0 Å². The van der Waals surface area contributed by atoms with Gasteiger partial charge in [0.1, 0.15) is 17.5 Å². The third kappa shape index (κ3) is 1.86. The SMILES string of the molecule is O=C(c1ncn2ccc(Cl)c(F)c12)C(F)(F)F. The normalized spacial score (nSPS) is 12.1. The van der Waals surface area contributed by atoms with Crippen molar-refractivity contribution >= 4 is 22.9 Å². The lowest BCUT2D eigenvalue weighted by molar-refractivity contribution is -0.0887. The van der Waals surface area contributed by atoms with Gasteiger partial charge in [-0.15, -0.1) is 0 Å². The highest BCUT2D eigenvalue weighted by Gasteiger charge is 2.42. The van der Waals surface area contributed by atoms with Gasteiger partial charge in [0.15, 0.2) is 5.82 Å². The summed E-state index contributed by atoms with van der Waals surface area (Å²) in [4.78, 5) is 14.3. The second kappa shape index (κ2) is 3.69. The first-order valence-corrected chi connectivity index (χ1v) is 4.62. The summed E-state index contributed by atoms with van der Waals surface area (Å²) in [5.74, 6) is -3.32. The van der Waals surface area contributed by atoms with Crippen LogP contribution in [0.2, 0.25) is 5.02 Å². The van der Waals surface area contributed by atoms with Crippen molar-refractivity contribution in [3.8, 4) is 0 Å². The minimum Gasteiger partial charge on any atom is -0.303 e.